The number of rotatable bonds is 1. The standard InChI is InChI=1S/C10H18N2O/c1-7(2)12-5-4-10-9(6-12)11-8(3)13-10/h7,9-10H,4-6H2,1-3H3. The van der Waals surface area contributed by atoms with Gasteiger partial charge < -0.3 is 4.74 Å². The third-order valence-electron chi connectivity index (χ3n) is 2.95. The number of likely N-dealkylation sites (tertiary alicyclic amines) is 1. The van der Waals surface area contributed by atoms with Crippen molar-refractivity contribution >= 4 is 5.90 Å². The van der Waals surface area contributed by atoms with Crippen LogP contribution in [0.5, 0.6) is 0 Å². The molecule has 0 amide bonds. The average Bonchev–Trinajstić information content (AvgIpc) is 2.42. The van der Waals surface area contributed by atoms with Gasteiger partial charge in [-0.15, -0.1) is 0 Å². The van der Waals surface area contributed by atoms with Crippen LogP contribution in [0.1, 0.15) is 27.2 Å². The van der Waals surface area contributed by atoms with Gasteiger partial charge in [0.15, 0.2) is 5.90 Å². The molecule has 0 aromatic rings. The molecule has 0 aromatic carbocycles. The summed E-state index contributed by atoms with van der Waals surface area (Å²) in [5.41, 5.74) is 0. The maximum absolute atomic E-state index is 5.62. The first-order valence-corrected chi connectivity index (χ1v) is 5.12. The zero-order valence-corrected chi connectivity index (χ0v) is 8.66. The molecule has 2 unspecified atom stereocenters. The number of hydrogen-bond acceptors (Lipinski definition) is 3. The molecule has 0 saturated carbocycles. The second-order valence-corrected chi connectivity index (χ2v) is 4.25. The molecule has 0 bridgehead atoms. The van der Waals surface area contributed by atoms with Crippen LogP contribution in [0.3, 0.4) is 0 Å². The van der Waals surface area contributed by atoms with E-state index in [-0.39, 0.29) is 0 Å². The third kappa shape index (κ3) is 1.70. The first-order chi connectivity index (χ1) is 6.16. The van der Waals surface area contributed by atoms with Crippen LogP contribution >= 0.6 is 0 Å². The van der Waals surface area contributed by atoms with Crippen LogP contribution in [0.2, 0.25) is 0 Å². The van der Waals surface area contributed by atoms with Gasteiger partial charge in [-0.05, 0) is 20.3 Å². The van der Waals surface area contributed by atoms with Crippen LogP contribution in [-0.4, -0.2) is 42.1 Å². The molecule has 74 valence electrons. The van der Waals surface area contributed by atoms with Crippen LogP contribution in [-0.2, 0) is 4.74 Å². The number of piperidine rings is 1. The Labute approximate surface area is 79.8 Å². The SMILES string of the molecule is CC1=NC2CN(C(C)C)CCC2O1. The lowest BCUT2D eigenvalue weighted by atomic mass is 10.0. The van der Waals surface area contributed by atoms with Crippen LogP contribution in [0, 0.1) is 0 Å². The molecule has 2 rings (SSSR count). The Morgan fingerprint density at radius 1 is 1.54 bits per heavy atom. The van der Waals surface area contributed by atoms with Crippen molar-refractivity contribution in [2.45, 2.75) is 45.4 Å². The molecule has 1 fully saturated rings. The number of aliphatic imine (C=N–C) groups is 1. The van der Waals surface area contributed by atoms with Crippen molar-refractivity contribution in [3.8, 4) is 0 Å². The van der Waals surface area contributed by atoms with E-state index in [0.29, 0.717) is 18.2 Å². The fourth-order valence-corrected chi connectivity index (χ4v) is 2.15. The topological polar surface area (TPSA) is 24.8 Å². The molecule has 3 nitrogen and oxygen atoms in total. The van der Waals surface area contributed by atoms with E-state index in [2.05, 4.69) is 23.7 Å². The number of nitrogens with zero attached hydrogens (tertiary/aromatic N) is 2. The molecule has 0 radical (unpaired) electrons. The van der Waals surface area contributed by atoms with Gasteiger partial charge in [-0.25, -0.2) is 4.99 Å². The Kier molecular flexibility index (Phi) is 2.28. The van der Waals surface area contributed by atoms with Gasteiger partial charge in [0.1, 0.15) is 12.1 Å². The van der Waals surface area contributed by atoms with Crippen molar-refractivity contribution in [1.82, 2.24) is 4.90 Å². The van der Waals surface area contributed by atoms with Gasteiger partial charge in [0.25, 0.3) is 0 Å². The van der Waals surface area contributed by atoms with Gasteiger partial charge in [0.2, 0.25) is 0 Å². The largest absolute Gasteiger partial charge is 0.476 e. The molecule has 2 aliphatic heterocycles. The van der Waals surface area contributed by atoms with E-state index in [4.69, 9.17) is 4.74 Å². The smallest absolute Gasteiger partial charge is 0.180 e. The van der Waals surface area contributed by atoms with Crippen molar-refractivity contribution in [3.05, 3.63) is 0 Å². The van der Waals surface area contributed by atoms with Crippen LogP contribution in [0.25, 0.3) is 0 Å². The highest BCUT2D eigenvalue weighted by Gasteiger charge is 2.35. The lowest BCUT2D eigenvalue weighted by Gasteiger charge is -2.35. The molecule has 3 heteroatoms. The van der Waals surface area contributed by atoms with E-state index >= 15 is 0 Å². The van der Waals surface area contributed by atoms with Crippen molar-refractivity contribution in [1.29, 1.82) is 0 Å². The Balaban J connectivity index is 1.99. The molecule has 1 saturated heterocycles. The van der Waals surface area contributed by atoms with E-state index in [0.717, 1.165) is 25.4 Å². The second-order valence-electron chi connectivity index (χ2n) is 4.25. The van der Waals surface area contributed by atoms with E-state index < -0.39 is 0 Å². The number of ether oxygens (including phenoxy) is 1. The lowest BCUT2D eigenvalue weighted by Crippen LogP contribution is -2.47. The second kappa shape index (κ2) is 3.29. The van der Waals surface area contributed by atoms with Crippen LogP contribution in [0.4, 0.5) is 0 Å². The van der Waals surface area contributed by atoms with E-state index in [9.17, 15) is 0 Å². The molecule has 2 heterocycles. The minimum absolute atomic E-state index is 0.370. The molecule has 2 aliphatic rings. The highest BCUT2D eigenvalue weighted by atomic mass is 16.5. The highest BCUT2D eigenvalue weighted by molar-refractivity contribution is 5.75. The summed E-state index contributed by atoms with van der Waals surface area (Å²) in [4.78, 5) is 6.97. The summed E-state index contributed by atoms with van der Waals surface area (Å²) in [6, 6.07) is 1.04. The zero-order chi connectivity index (χ0) is 9.42. The average molecular weight is 182 g/mol. The molecular weight excluding hydrogens is 164 g/mol. The first-order valence-electron chi connectivity index (χ1n) is 5.12. The Bertz CT molecular complexity index is 225. The summed E-state index contributed by atoms with van der Waals surface area (Å²) in [7, 11) is 0. The molecule has 2 atom stereocenters. The van der Waals surface area contributed by atoms with Gasteiger partial charge in [-0.3, -0.25) is 4.90 Å². The van der Waals surface area contributed by atoms with Crippen molar-refractivity contribution in [3.63, 3.8) is 0 Å². The number of fused-ring (bicyclic) bond motifs is 1. The van der Waals surface area contributed by atoms with Gasteiger partial charge in [0.05, 0.1) is 0 Å². The predicted octanol–water partition coefficient (Wildman–Crippen LogP) is 1.29. The van der Waals surface area contributed by atoms with Gasteiger partial charge in [-0.1, -0.05) is 0 Å². The van der Waals surface area contributed by atoms with Crippen LogP contribution < -0.4 is 0 Å². The maximum Gasteiger partial charge on any atom is 0.180 e. The van der Waals surface area contributed by atoms with Gasteiger partial charge >= 0.3 is 0 Å². The summed E-state index contributed by atoms with van der Waals surface area (Å²) in [6.07, 6.45) is 1.50. The van der Waals surface area contributed by atoms with E-state index in [1.165, 1.54) is 0 Å². The van der Waals surface area contributed by atoms with Gasteiger partial charge in [0, 0.05) is 26.1 Å². The minimum atomic E-state index is 0.370. The first kappa shape index (κ1) is 9.00. The van der Waals surface area contributed by atoms with E-state index in [1.54, 1.807) is 0 Å². The molecule has 0 spiro atoms. The maximum atomic E-state index is 5.62. The van der Waals surface area contributed by atoms with Crippen molar-refractivity contribution in [2.75, 3.05) is 13.1 Å². The summed E-state index contributed by atoms with van der Waals surface area (Å²) in [6.45, 7) is 8.67. The van der Waals surface area contributed by atoms with Crippen molar-refractivity contribution < 1.29 is 4.74 Å². The minimum Gasteiger partial charge on any atom is -0.476 e. The zero-order valence-electron chi connectivity index (χ0n) is 8.66. The predicted molar refractivity (Wildman–Crippen MR) is 53.1 cm³/mol. The lowest BCUT2D eigenvalue weighted by molar-refractivity contribution is 0.0791. The highest BCUT2D eigenvalue weighted by Crippen LogP contribution is 2.23. The summed E-state index contributed by atoms with van der Waals surface area (Å²) in [5.74, 6) is 0.876. The van der Waals surface area contributed by atoms with Crippen LogP contribution in [0.15, 0.2) is 4.99 Å². The third-order valence-corrected chi connectivity index (χ3v) is 2.95. The monoisotopic (exact) mass is 182 g/mol. The quantitative estimate of drug-likeness (QED) is 0.610. The Morgan fingerprint density at radius 3 is 3.00 bits per heavy atom. The molecular formula is C10H18N2O. The fraction of sp³-hybridized carbons (Fsp3) is 0.900. The normalized spacial score (nSPS) is 34.3. The summed E-state index contributed by atoms with van der Waals surface area (Å²) >= 11 is 0. The molecule has 0 aliphatic carbocycles. The number of hydrogen-bond donors (Lipinski definition) is 0. The summed E-state index contributed by atoms with van der Waals surface area (Å²) in [5, 5.41) is 0. The molecule has 13 heavy (non-hydrogen) atoms. The van der Waals surface area contributed by atoms with E-state index in [1.807, 2.05) is 6.92 Å². The van der Waals surface area contributed by atoms with Crippen molar-refractivity contribution in [2.24, 2.45) is 4.99 Å². The summed E-state index contributed by atoms with van der Waals surface area (Å²) < 4.78 is 5.62. The Hall–Kier alpha value is -0.570. The van der Waals surface area contributed by atoms with Gasteiger partial charge in [-0.2, -0.15) is 0 Å². The Morgan fingerprint density at radius 2 is 2.31 bits per heavy atom. The molecule has 0 N–H and O–H groups in total. The molecule has 0 aromatic heterocycles. The fourth-order valence-electron chi connectivity index (χ4n) is 2.15.